The van der Waals surface area contributed by atoms with Crippen molar-refractivity contribution in [3.8, 4) is 23.0 Å². The Bertz CT molecular complexity index is 1040. The Morgan fingerprint density at radius 1 is 1.00 bits per heavy atom. The standard InChI is InChI=1S/C21H21N3O7/c1-28-15-5-3-12(7-17(15)29-2)20(26)22-23-21(27)13-8-19(25)24(10-13)14-4-6-16-18(9-14)31-11-30-16/h3-7,9,13H,8,10-11H2,1-2H3,(H,22,26)(H,23,27). The summed E-state index contributed by atoms with van der Waals surface area (Å²) in [6.45, 7) is 0.327. The third-order valence-corrected chi connectivity index (χ3v) is 5.11. The van der Waals surface area contributed by atoms with Gasteiger partial charge in [0.15, 0.2) is 23.0 Å². The van der Waals surface area contributed by atoms with E-state index >= 15 is 0 Å². The molecule has 1 atom stereocenters. The first kappa shape index (κ1) is 20.3. The average Bonchev–Trinajstić information content (AvgIpc) is 3.42. The molecule has 4 rings (SSSR count). The smallest absolute Gasteiger partial charge is 0.269 e. The molecule has 10 nitrogen and oxygen atoms in total. The van der Waals surface area contributed by atoms with Crippen molar-refractivity contribution in [2.75, 3.05) is 32.5 Å². The fraction of sp³-hybridized carbons (Fsp3) is 0.286. The van der Waals surface area contributed by atoms with Crippen molar-refractivity contribution in [3.63, 3.8) is 0 Å². The predicted molar refractivity (Wildman–Crippen MR) is 108 cm³/mol. The van der Waals surface area contributed by atoms with Crippen molar-refractivity contribution in [2.45, 2.75) is 6.42 Å². The summed E-state index contributed by atoms with van der Waals surface area (Å²) in [5, 5.41) is 0. The summed E-state index contributed by atoms with van der Waals surface area (Å²) < 4.78 is 20.9. The lowest BCUT2D eigenvalue weighted by Gasteiger charge is -2.17. The minimum absolute atomic E-state index is 0.0342. The van der Waals surface area contributed by atoms with E-state index in [0.29, 0.717) is 28.7 Å². The third-order valence-electron chi connectivity index (χ3n) is 5.11. The van der Waals surface area contributed by atoms with Crippen LogP contribution >= 0.6 is 0 Å². The van der Waals surface area contributed by atoms with Crippen LogP contribution in [0.5, 0.6) is 23.0 Å². The Morgan fingerprint density at radius 3 is 2.55 bits per heavy atom. The van der Waals surface area contributed by atoms with Gasteiger partial charge in [0.25, 0.3) is 5.91 Å². The van der Waals surface area contributed by atoms with E-state index in [9.17, 15) is 14.4 Å². The second-order valence-electron chi connectivity index (χ2n) is 6.96. The molecule has 0 aliphatic carbocycles. The number of hydrogen-bond acceptors (Lipinski definition) is 7. The van der Waals surface area contributed by atoms with Crippen LogP contribution in [0.4, 0.5) is 5.69 Å². The summed E-state index contributed by atoms with van der Waals surface area (Å²) in [5.74, 6) is 0.270. The molecule has 31 heavy (non-hydrogen) atoms. The van der Waals surface area contributed by atoms with Crippen molar-refractivity contribution in [3.05, 3.63) is 42.0 Å². The second-order valence-corrected chi connectivity index (χ2v) is 6.96. The maximum Gasteiger partial charge on any atom is 0.269 e. The number of methoxy groups -OCH3 is 2. The summed E-state index contributed by atoms with van der Waals surface area (Å²) in [7, 11) is 2.96. The predicted octanol–water partition coefficient (Wildman–Crippen LogP) is 1.25. The number of carbonyl (C=O) groups is 3. The SMILES string of the molecule is COc1ccc(C(=O)NNC(=O)C2CC(=O)N(c3ccc4c(c3)OCO4)C2)cc1OC. The van der Waals surface area contributed by atoms with Gasteiger partial charge in [-0.15, -0.1) is 0 Å². The molecule has 2 aromatic carbocycles. The Balaban J connectivity index is 1.36. The van der Waals surface area contributed by atoms with E-state index in [1.165, 1.54) is 25.2 Å². The van der Waals surface area contributed by atoms with Crippen molar-refractivity contribution < 1.29 is 33.3 Å². The van der Waals surface area contributed by atoms with Crippen molar-refractivity contribution in [2.24, 2.45) is 5.92 Å². The van der Waals surface area contributed by atoms with E-state index < -0.39 is 17.7 Å². The first-order valence-corrected chi connectivity index (χ1v) is 9.52. The van der Waals surface area contributed by atoms with Gasteiger partial charge in [0.05, 0.1) is 20.1 Å². The number of amides is 3. The van der Waals surface area contributed by atoms with Gasteiger partial charge in [0.2, 0.25) is 18.6 Å². The van der Waals surface area contributed by atoms with Crippen molar-refractivity contribution in [1.29, 1.82) is 0 Å². The third kappa shape index (κ3) is 4.04. The zero-order valence-electron chi connectivity index (χ0n) is 17.0. The van der Waals surface area contributed by atoms with E-state index in [1.807, 2.05) is 0 Å². The number of nitrogens with zero attached hydrogens (tertiary/aromatic N) is 1. The highest BCUT2D eigenvalue weighted by Gasteiger charge is 2.36. The molecule has 3 amide bonds. The molecule has 2 heterocycles. The Hall–Kier alpha value is -3.95. The number of carbonyl (C=O) groups excluding carboxylic acids is 3. The Kier molecular flexibility index (Phi) is 5.52. The van der Waals surface area contributed by atoms with Crippen LogP contribution in [0.3, 0.4) is 0 Å². The zero-order chi connectivity index (χ0) is 22.0. The van der Waals surface area contributed by atoms with Gasteiger partial charge in [-0.05, 0) is 30.3 Å². The molecule has 2 N–H and O–H groups in total. The zero-order valence-corrected chi connectivity index (χ0v) is 17.0. The summed E-state index contributed by atoms with van der Waals surface area (Å²) in [6.07, 6.45) is 0.0342. The summed E-state index contributed by atoms with van der Waals surface area (Å²) >= 11 is 0. The molecule has 0 aromatic heterocycles. The average molecular weight is 427 g/mol. The number of anilines is 1. The topological polar surface area (TPSA) is 115 Å². The Labute approximate surface area is 178 Å². The van der Waals surface area contributed by atoms with Gasteiger partial charge in [-0.1, -0.05) is 0 Å². The molecule has 2 aliphatic rings. The number of fused-ring (bicyclic) bond motifs is 1. The number of hydrogen-bond donors (Lipinski definition) is 2. The first-order valence-electron chi connectivity index (χ1n) is 9.52. The number of nitrogens with one attached hydrogen (secondary N) is 2. The van der Waals surface area contributed by atoms with Crippen LogP contribution < -0.4 is 34.7 Å². The molecule has 0 spiro atoms. The molecule has 10 heteroatoms. The maximum absolute atomic E-state index is 12.5. The van der Waals surface area contributed by atoms with E-state index in [-0.39, 0.29) is 31.2 Å². The van der Waals surface area contributed by atoms with E-state index in [2.05, 4.69) is 10.9 Å². The highest BCUT2D eigenvalue weighted by Crippen LogP contribution is 2.37. The van der Waals surface area contributed by atoms with Crippen LogP contribution in [0.2, 0.25) is 0 Å². The lowest BCUT2D eigenvalue weighted by molar-refractivity contribution is -0.126. The lowest BCUT2D eigenvalue weighted by Crippen LogP contribution is -2.45. The largest absolute Gasteiger partial charge is 0.493 e. The molecule has 0 radical (unpaired) electrons. The Morgan fingerprint density at radius 2 is 1.77 bits per heavy atom. The number of benzene rings is 2. The molecular weight excluding hydrogens is 406 g/mol. The van der Waals surface area contributed by atoms with Gasteiger partial charge in [0, 0.05) is 30.3 Å². The molecule has 2 aromatic rings. The van der Waals surface area contributed by atoms with Gasteiger partial charge in [-0.3, -0.25) is 25.2 Å². The molecule has 162 valence electrons. The van der Waals surface area contributed by atoms with Crippen LogP contribution in [-0.2, 0) is 9.59 Å². The molecule has 1 fully saturated rings. The van der Waals surface area contributed by atoms with Crippen molar-refractivity contribution in [1.82, 2.24) is 10.9 Å². The lowest BCUT2D eigenvalue weighted by atomic mass is 10.1. The number of ether oxygens (including phenoxy) is 4. The molecule has 0 saturated carbocycles. The van der Waals surface area contributed by atoms with Gasteiger partial charge < -0.3 is 23.8 Å². The van der Waals surface area contributed by atoms with Crippen LogP contribution in [-0.4, -0.2) is 45.3 Å². The summed E-state index contributed by atoms with van der Waals surface area (Å²) in [5.41, 5.74) is 5.66. The summed E-state index contributed by atoms with van der Waals surface area (Å²) in [4.78, 5) is 38.8. The quantitative estimate of drug-likeness (QED) is 0.690. The van der Waals surface area contributed by atoms with Crippen LogP contribution in [0.15, 0.2) is 36.4 Å². The maximum atomic E-state index is 12.5. The monoisotopic (exact) mass is 427 g/mol. The van der Waals surface area contributed by atoms with Gasteiger partial charge in [-0.25, -0.2) is 0 Å². The normalized spacial score (nSPS) is 16.8. The van der Waals surface area contributed by atoms with E-state index in [4.69, 9.17) is 18.9 Å². The molecule has 1 unspecified atom stereocenters. The van der Waals surface area contributed by atoms with Crippen LogP contribution in [0, 0.1) is 5.92 Å². The molecule has 0 bridgehead atoms. The van der Waals surface area contributed by atoms with Gasteiger partial charge >= 0.3 is 0 Å². The first-order chi connectivity index (χ1) is 15.0. The van der Waals surface area contributed by atoms with E-state index in [1.54, 1.807) is 30.3 Å². The molecular formula is C21H21N3O7. The van der Waals surface area contributed by atoms with Crippen LogP contribution in [0.1, 0.15) is 16.8 Å². The second kappa shape index (κ2) is 8.42. The van der Waals surface area contributed by atoms with Gasteiger partial charge in [0.1, 0.15) is 0 Å². The van der Waals surface area contributed by atoms with Gasteiger partial charge in [-0.2, -0.15) is 0 Å². The minimum Gasteiger partial charge on any atom is -0.493 e. The van der Waals surface area contributed by atoms with E-state index in [0.717, 1.165) is 0 Å². The number of rotatable bonds is 5. The molecule has 1 saturated heterocycles. The molecule has 2 aliphatic heterocycles. The summed E-state index contributed by atoms with van der Waals surface area (Å²) in [6, 6.07) is 9.81. The highest BCUT2D eigenvalue weighted by molar-refractivity contribution is 6.01. The number of hydrazine groups is 1. The van der Waals surface area contributed by atoms with Crippen molar-refractivity contribution >= 4 is 23.4 Å². The van der Waals surface area contributed by atoms with Crippen LogP contribution in [0.25, 0.3) is 0 Å². The fourth-order valence-electron chi connectivity index (χ4n) is 3.46. The fourth-order valence-corrected chi connectivity index (χ4v) is 3.46. The minimum atomic E-state index is -0.608. The highest BCUT2D eigenvalue weighted by atomic mass is 16.7.